The summed E-state index contributed by atoms with van der Waals surface area (Å²) in [5.74, 6) is 0.589. The van der Waals surface area contributed by atoms with Crippen molar-refractivity contribution in [3.05, 3.63) is 21.1 Å². The number of hydrogen-bond donors (Lipinski definition) is 1. The third-order valence-electron chi connectivity index (χ3n) is 3.08. The maximum absolute atomic E-state index is 11.1. The van der Waals surface area contributed by atoms with Gasteiger partial charge in [-0.2, -0.15) is 0 Å². The van der Waals surface area contributed by atoms with Crippen molar-refractivity contribution in [2.45, 2.75) is 38.7 Å². The van der Waals surface area contributed by atoms with Crippen LogP contribution in [0.25, 0.3) is 0 Å². The summed E-state index contributed by atoms with van der Waals surface area (Å²) >= 11 is 5.93. The Balaban J connectivity index is 2.30. The normalized spacial score (nSPS) is 18.2. The Labute approximate surface area is 121 Å². The second-order valence-electron chi connectivity index (χ2n) is 4.61. The Morgan fingerprint density at radius 1 is 1.55 bits per heavy atom. The molecule has 0 amide bonds. The Morgan fingerprint density at radius 2 is 2.35 bits per heavy atom. The first-order chi connectivity index (χ1) is 9.63. The maximum atomic E-state index is 11.1. The van der Waals surface area contributed by atoms with Crippen LogP contribution in [0, 0.1) is 10.1 Å². The third-order valence-corrected chi connectivity index (χ3v) is 3.35. The quantitative estimate of drug-likeness (QED) is 0.376. The number of rotatable bonds is 6. The molecule has 0 aromatic carbocycles. The van der Waals surface area contributed by atoms with Gasteiger partial charge < -0.3 is 10.1 Å². The van der Waals surface area contributed by atoms with Crippen molar-refractivity contribution in [1.29, 1.82) is 0 Å². The van der Waals surface area contributed by atoms with Gasteiger partial charge in [0.25, 0.3) is 0 Å². The topological polar surface area (TPSA) is 90.2 Å². The fraction of sp³-hybridized carbons (Fsp3) is 0.667. The summed E-state index contributed by atoms with van der Waals surface area (Å²) in [6.45, 7) is 3.30. The summed E-state index contributed by atoms with van der Waals surface area (Å²) in [6.07, 6.45) is 3.40. The minimum Gasteiger partial charge on any atom is -0.370 e. The van der Waals surface area contributed by atoms with Crippen LogP contribution in [0.15, 0.2) is 0 Å². The molecule has 1 atom stereocenters. The second kappa shape index (κ2) is 6.81. The minimum absolute atomic E-state index is 0.144. The average molecular weight is 301 g/mol. The van der Waals surface area contributed by atoms with Crippen molar-refractivity contribution >= 4 is 23.1 Å². The molecule has 1 unspecified atom stereocenters. The molecule has 1 aliphatic rings. The molecule has 1 saturated heterocycles. The van der Waals surface area contributed by atoms with E-state index in [1.54, 1.807) is 0 Å². The highest BCUT2D eigenvalue weighted by atomic mass is 35.5. The lowest BCUT2D eigenvalue weighted by Gasteiger charge is -2.11. The van der Waals surface area contributed by atoms with E-state index in [4.69, 9.17) is 16.3 Å². The van der Waals surface area contributed by atoms with E-state index in [0.29, 0.717) is 19.0 Å². The van der Waals surface area contributed by atoms with E-state index in [2.05, 4.69) is 15.3 Å². The zero-order valence-electron chi connectivity index (χ0n) is 11.3. The number of unbranched alkanes of at least 4 members (excludes halogenated alkanes) is 1. The molecule has 0 aliphatic carbocycles. The van der Waals surface area contributed by atoms with E-state index in [9.17, 15) is 10.1 Å². The smallest absolute Gasteiger partial charge is 0.348 e. The van der Waals surface area contributed by atoms with Crippen LogP contribution in [-0.2, 0) is 4.74 Å². The van der Waals surface area contributed by atoms with E-state index < -0.39 is 4.92 Å². The molecule has 2 rings (SSSR count). The molecule has 110 valence electrons. The summed E-state index contributed by atoms with van der Waals surface area (Å²) in [5, 5.41) is 13.9. The van der Waals surface area contributed by atoms with Gasteiger partial charge in [0.05, 0.1) is 4.92 Å². The summed E-state index contributed by atoms with van der Waals surface area (Å²) in [5.41, 5.74) is -0.274. The molecular weight excluding hydrogens is 284 g/mol. The number of ether oxygens (including phenoxy) is 1. The number of anilines is 1. The van der Waals surface area contributed by atoms with Gasteiger partial charge >= 0.3 is 5.69 Å². The fourth-order valence-corrected chi connectivity index (χ4v) is 2.28. The Kier molecular flexibility index (Phi) is 5.08. The molecule has 1 N–H and O–H groups in total. The maximum Gasteiger partial charge on any atom is 0.348 e. The van der Waals surface area contributed by atoms with Crippen molar-refractivity contribution in [2.24, 2.45) is 0 Å². The van der Waals surface area contributed by atoms with Crippen LogP contribution in [0.2, 0.25) is 5.15 Å². The molecular formula is C12H17ClN4O3. The van der Waals surface area contributed by atoms with Crippen LogP contribution >= 0.6 is 11.6 Å². The van der Waals surface area contributed by atoms with Gasteiger partial charge in [-0.15, -0.1) is 0 Å². The number of halogens is 1. The number of nitro groups is 1. The van der Waals surface area contributed by atoms with Gasteiger partial charge in [0.15, 0.2) is 5.82 Å². The summed E-state index contributed by atoms with van der Waals surface area (Å²) in [6, 6.07) is 0. The number of aromatic nitrogens is 2. The molecule has 1 aromatic rings. The van der Waals surface area contributed by atoms with Crippen LogP contribution in [0.5, 0.6) is 0 Å². The zero-order chi connectivity index (χ0) is 14.5. The van der Waals surface area contributed by atoms with Crippen LogP contribution in [-0.4, -0.2) is 28.0 Å². The zero-order valence-corrected chi connectivity index (χ0v) is 12.0. The van der Waals surface area contributed by atoms with E-state index in [-0.39, 0.29) is 22.8 Å². The van der Waals surface area contributed by atoms with Crippen LogP contribution in [0.4, 0.5) is 11.5 Å². The van der Waals surface area contributed by atoms with E-state index in [1.165, 1.54) is 0 Å². The predicted octanol–water partition coefficient (Wildman–Crippen LogP) is 3.10. The first-order valence-electron chi connectivity index (χ1n) is 6.70. The van der Waals surface area contributed by atoms with Crippen molar-refractivity contribution < 1.29 is 9.66 Å². The Bertz CT molecular complexity index is 492. The van der Waals surface area contributed by atoms with Gasteiger partial charge in [-0.1, -0.05) is 24.9 Å². The summed E-state index contributed by atoms with van der Waals surface area (Å²) in [7, 11) is 0. The highest BCUT2D eigenvalue weighted by molar-refractivity contribution is 6.31. The molecule has 1 aliphatic heterocycles. The monoisotopic (exact) mass is 300 g/mol. The molecule has 2 heterocycles. The van der Waals surface area contributed by atoms with Gasteiger partial charge in [0, 0.05) is 13.2 Å². The summed E-state index contributed by atoms with van der Waals surface area (Å²) in [4.78, 5) is 18.8. The lowest BCUT2D eigenvalue weighted by molar-refractivity contribution is -0.384. The lowest BCUT2D eigenvalue weighted by Crippen LogP contribution is -2.11. The van der Waals surface area contributed by atoms with Crippen molar-refractivity contribution in [1.82, 2.24) is 9.97 Å². The molecule has 7 nitrogen and oxygen atoms in total. The number of hydrogen-bond acceptors (Lipinski definition) is 6. The first kappa shape index (κ1) is 14.9. The molecule has 1 fully saturated rings. The predicted molar refractivity (Wildman–Crippen MR) is 75.0 cm³/mol. The highest BCUT2D eigenvalue weighted by Gasteiger charge is 2.28. The summed E-state index contributed by atoms with van der Waals surface area (Å²) < 4.78 is 5.49. The highest BCUT2D eigenvalue weighted by Crippen LogP contribution is 2.34. The number of nitrogens with one attached hydrogen (secondary N) is 1. The molecule has 0 bridgehead atoms. The van der Waals surface area contributed by atoms with E-state index in [0.717, 1.165) is 25.7 Å². The lowest BCUT2D eigenvalue weighted by atomic mass is 10.2. The van der Waals surface area contributed by atoms with Crippen LogP contribution < -0.4 is 5.32 Å². The van der Waals surface area contributed by atoms with E-state index in [1.807, 2.05) is 6.92 Å². The number of nitrogens with zero attached hydrogens (tertiary/aromatic N) is 3. The van der Waals surface area contributed by atoms with Gasteiger partial charge in [0.2, 0.25) is 11.0 Å². The molecule has 0 radical (unpaired) electrons. The van der Waals surface area contributed by atoms with Crippen LogP contribution in [0.1, 0.15) is 44.5 Å². The fourth-order valence-electron chi connectivity index (χ4n) is 2.04. The molecule has 8 heteroatoms. The Morgan fingerprint density at radius 3 is 2.95 bits per heavy atom. The SMILES string of the molecule is CCCCNc1nc(C2CCCO2)nc(Cl)c1[N+](=O)[O-]. The van der Waals surface area contributed by atoms with Crippen molar-refractivity contribution in [3.63, 3.8) is 0 Å². The molecule has 1 aromatic heterocycles. The standard InChI is InChI=1S/C12H17ClN4O3/c1-2-3-6-14-12-9(17(18)19)10(13)15-11(16-12)8-5-4-7-20-8/h8H,2-7H2,1H3,(H,14,15,16). The molecule has 20 heavy (non-hydrogen) atoms. The van der Waals surface area contributed by atoms with Crippen LogP contribution in [0.3, 0.4) is 0 Å². The Hall–Kier alpha value is -1.47. The third kappa shape index (κ3) is 3.34. The van der Waals surface area contributed by atoms with Crippen molar-refractivity contribution in [3.8, 4) is 0 Å². The van der Waals surface area contributed by atoms with Gasteiger partial charge in [-0.05, 0) is 19.3 Å². The van der Waals surface area contributed by atoms with Gasteiger partial charge in [0.1, 0.15) is 6.10 Å². The van der Waals surface area contributed by atoms with Gasteiger partial charge in [-0.3, -0.25) is 10.1 Å². The van der Waals surface area contributed by atoms with E-state index >= 15 is 0 Å². The largest absolute Gasteiger partial charge is 0.370 e. The minimum atomic E-state index is -0.560. The molecule has 0 spiro atoms. The first-order valence-corrected chi connectivity index (χ1v) is 7.08. The van der Waals surface area contributed by atoms with Gasteiger partial charge in [-0.25, -0.2) is 9.97 Å². The molecule has 0 saturated carbocycles. The average Bonchev–Trinajstić information content (AvgIpc) is 2.91. The second-order valence-corrected chi connectivity index (χ2v) is 4.97. The van der Waals surface area contributed by atoms with Crippen molar-refractivity contribution in [2.75, 3.05) is 18.5 Å².